The van der Waals surface area contributed by atoms with Crippen LogP contribution in [0.3, 0.4) is 0 Å². The third kappa shape index (κ3) is 2.59. The Labute approximate surface area is 105 Å². The van der Waals surface area contributed by atoms with Crippen LogP contribution in [0.4, 0.5) is 10.1 Å². The van der Waals surface area contributed by atoms with Gasteiger partial charge in [0.05, 0.1) is 0 Å². The van der Waals surface area contributed by atoms with Crippen molar-refractivity contribution in [2.45, 2.75) is 19.9 Å². The second-order valence-corrected chi connectivity index (χ2v) is 4.37. The van der Waals surface area contributed by atoms with Crippen molar-refractivity contribution in [2.24, 2.45) is 0 Å². The van der Waals surface area contributed by atoms with E-state index in [4.69, 9.17) is 0 Å². The van der Waals surface area contributed by atoms with Crippen LogP contribution < -0.4 is 10.9 Å². The van der Waals surface area contributed by atoms with Crippen LogP contribution in [0.1, 0.15) is 13.8 Å². The Morgan fingerprint density at radius 1 is 1.17 bits per heavy atom. The monoisotopic (exact) mass is 246 g/mol. The molecule has 0 bridgehead atoms. The summed E-state index contributed by atoms with van der Waals surface area (Å²) in [5, 5.41) is 3.09. The number of halogens is 1. The Balaban J connectivity index is 2.46. The number of hydrogen-bond acceptors (Lipinski definition) is 2. The molecule has 0 saturated carbocycles. The largest absolute Gasteiger partial charge is 0.378 e. The number of benzene rings is 1. The van der Waals surface area contributed by atoms with Crippen LogP contribution in [-0.2, 0) is 0 Å². The highest BCUT2D eigenvalue weighted by atomic mass is 19.1. The molecule has 18 heavy (non-hydrogen) atoms. The summed E-state index contributed by atoms with van der Waals surface area (Å²) in [4.78, 5) is 12.2. The van der Waals surface area contributed by atoms with Crippen LogP contribution in [0.5, 0.6) is 0 Å². The molecule has 0 unspecified atom stereocenters. The molecule has 0 saturated heterocycles. The highest BCUT2D eigenvalue weighted by Crippen LogP contribution is 2.09. The molecule has 2 aromatic rings. The average Bonchev–Trinajstić information content (AvgIpc) is 2.33. The minimum absolute atomic E-state index is 0.141. The van der Waals surface area contributed by atoms with Crippen molar-refractivity contribution >= 4 is 5.69 Å². The third-order valence-electron chi connectivity index (χ3n) is 2.50. The van der Waals surface area contributed by atoms with Gasteiger partial charge in [0.15, 0.2) is 0 Å². The molecular weight excluding hydrogens is 231 g/mol. The van der Waals surface area contributed by atoms with Gasteiger partial charge in [-0.15, -0.1) is 0 Å². The molecule has 0 aliphatic rings. The lowest BCUT2D eigenvalue weighted by Gasteiger charge is -2.12. The Morgan fingerprint density at radius 2 is 1.83 bits per heavy atom. The van der Waals surface area contributed by atoms with Crippen molar-refractivity contribution in [1.29, 1.82) is 0 Å². The second kappa shape index (κ2) is 5.04. The molecule has 1 aromatic carbocycles. The van der Waals surface area contributed by atoms with Gasteiger partial charge in [-0.05, 0) is 50.2 Å². The molecule has 0 aliphatic carbocycles. The summed E-state index contributed by atoms with van der Waals surface area (Å²) < 4.78 is 14.3. The maximum absolute atomic E-state index is 12.9. The Kier molecular flexibility index (Phi) is 3.46. The topological polar surface area (TPSA) is 34.0 Å². The lowest BCUT2D eigenvalue weighted by Crippen LogP contribution is -2.24. The highest BCUT2D eigenvalue weighted by Gasteiger charge is 2.05. The molecule has 1 N–H and O–H groups in total. The van der Waals surface area contributed by atoms with Gasteiger partial charge in [0.1, 0.15) is 11.5 Å². The van der Waals surface area contributed by atoms with Crippen LogP contribution in [0.25, 0.3) is 5.69 Å². The molecule has 94 valence electrons. The van der Waals surface area contributed by atoms with E-state index in [0.717, 1.165) is 0 Å². The Morgan fingerprint density at radius 3 is 2.44 bits per heavy atom. The minimum atomic E-state index is -0.316. The molecule has 4 heteroatoms. The van der Waals surface area contributed by atoms with Gasteiger partial charge >= 0.3 is 0 Å². The number of rotatable bonds is 3. The summed E-state index contributed by atoms with van der Waals surface area (Å²) >= 11 is 0. The van der Waals surface area contributed by atoms with Crippen LogP contribution in [0, 0.1) is 5.82 Å². The second-order valence-electron chi connectivity index (χ2n) is 4.37. The summed E-state index contributed by atoms with van der Waals surface area (Å²) in [6.07, 6.45) is 1.67. The van der Waals surface area contributed by atoms with Gasteiger partial charge in [-0.1, -0.05) is 0 Å². The number of nitrogens with one attached hydrogen (secondary N) is 1. The number of anilines is 1. The summed E-state index contributed by atoms with van der Waals surface area (Å²) in [7, 11) is 0. The summed E-state index contributed by atoms with van der Waals surface area (Å²) in [6, 6.07) is 9.54. The van der Waals surface area contributed by atoms with Crippen LogP contribution >= 0.6 is 0 Å². The predicted octanol–water partition coefficient (Wildman–Crippen LogP) is 2.80. The van der Waals surface area contributed by atoms with Gasteiger partial charge in [-0.25, -0.2) is 4.39 Å². The lowest BCUT2D eigenvalue weighted by atomic mass is 10.3. The van der Waals surface area contributed by atoms with Gasteiger partial charge in [0, 0.05) is 17.9 Å². The number of hydrogen-bond donors (Lipinski definition) is 1. The van der Waals surface area contributed by atoms with E-state index in [1.165, 1.54) is 16.7 Å². The molecule has 1 heterocycles. The zero-order valence-electron chi connectivity index (χ0n) is 10.4. The van der Waals surface area contributed by atoms with Crippen LogP contribution in [-0.4, -0.2) is 10.6 Å². The average molecular weight is 246 g/mol. The fraction of sp³-hybridized carbons (Fsp3) is 0.214. The zero-order valence-corrected chi connectivity index (χ0v) is 10.4. The van der Waals surface area contributed by atoms with Gasteiger partial charge < -0.3 is 5.32 Å². The molecule has 0 radical (unpaired) electrons. The molecule has 1 aromatic heterocycles. The zero-order chi connectivity index (χ0) is 13.1. The first-order valence-corrected chi connectivity index (χ1v) is 5.82. The maximum atomic E-state index is 12.9. The van der Waals surface area contributed by atoms with E-state index in [0.29, 0.717) is 11.4 Å². The van der Waals surface area contributed by atoms with Crippen LogP contribution in [0.15, 0.2) is 47.4 Å². The van der Waals surface area contributed by atoms with Gasteiger partial charge in [-0.2, -0.15) is 0 Å². The van der Waals surface area contributed by atoms with Gasteiger partial charge in [0.2, 0.25) is 0 Å². The SMILES string of the molecule is CC(C)Nc1cccn(-c2ccc(F)cc2)c1=O. The fourth-order valence-electron chi connectivity index (χ4n) is 1.72. The smallest absolute Gasteiger partial charge is 0.278 e. The summed E-state index contributed by atoms with van der Waals surface area (Å²) in [6.45, 7) is 3.93. The minimum Gasteiger partial charge on any atom is -0.378 e. The van der Waals surface area contributed by atoms with Crippen molar-refractivity contribution in [2.75, 3.05) is 5.32 Å². The number of aromatic nitrogens is 1. The molecule has 3 nitrogen and oxygen atoms in total. The van der Waals surface area contributed by atoms with E-state index in [2.05, 4.69) is 5.32 Å². The molecule has 0 atom stereocenters. The van der Waals surface area contributed by atoms with E-state index in [-0.39, 0.29) is 17.4 Å². The van der Waals surface area contributed by atoms with Gasteiger partial charge in [0.25, 0.3) is 5.56 Å². The summed E-state index contributed by atoms with van der Waals surface area (Å²) in [5.41, 5.74) is 1.04. The van der Waals surface area contributed by atoms with Crippen molar-refractivity contribution in [3.8, 4) is 5.69 Å². The molecule has 0 spiro atoms. The quantitative estimate of drug-likeness (QED) is 0.903. The van der Waals surface area contributed by atoms with Crippen molar-refractivity contribution in [3.05, 3.63) is 58.8 Å². The molecule has 0 amide bonds. The van der Waals surface area contributed by atoms with Crippen molar-refractivity contribution in [1.82, 2.24) is 4.57 Å². The standard InChI is InChI=1S/C14H15FN2O/c1-10(2)16-13-4-3-9-17(14(13)18)12-7-5-11(15)6-8-12/h3-10,16H,1-2H3. The van der Waals surface area contributed by atoms with E-state index in [1.807, 2.05) is 13.8 Å². The first-order valence-electron chi connectivity index (χ1n) is 5.82. The molecule has 0 aliphatic heterocycles. The Bertz CT molecular complexity index is 587. The first kappa shape index (κ1) is 12.4. The summed E-state index contributed by atoms with van der Waals surface area (Å²) in [5.74, 6) is -0.316. The van der Waals surface area contributed by atoms with E-state index in [1.54, 1.807) is 30.5 Å². The van der Waals surface area contributed by atoms with E-state index >= 15 is 0 Å². The maximum Gasteiger partial charge on any atom is 0.278 e. The Hall–Kier alpha value is -2.10. The third-order valence-corrected chi connectivity index (χ3v) is 2.50. The molecule has 0 fully saturated rings. The van der Waals surface area contributed by atoms with Crippen molar-refractivity contribution in [3.63, 3.8) is 0 Å². The predicted molar refractivity (Wildman–Crippen MR) is 70.8 cm³/mol. The molecular formula is C14H15FN2O. The molecule has 2 rings (SSSR count). The van der Waals surface area contributed by atoms with Crippen molar-refractivity contribution < 1.29 is 4.39 Å². The highest BCUT2D eigenvalue weighted by molar-refractivity contribution is 5.44. The lowest BCUT2D eigenvalue weighted by molar-refractivity contribution is 0.627. The van der Waals surface area contributed by atoms with Gasteiger partial charge in [-0.3, -0.25) is 9.36 Å². The van der Waals surface area contributed by atoms with E-state index < -0.39 is 0 Å². The first-order chi connectivity index (χ1) is 8.58. The number of pyridine rings is 1. The van der Waals surface area contributed by atoms with E-state index in [9.17, 15) is 9.18 Å². The van der Waals surface area contributed by atoms with Crippen LogP contribution in [0.2, 0.25) is 0 Å². The normalized spacial score (nSPS) is 10.7. The fourth-order valence-corrected chi connectivity index (χ4v) is 1.72. The number of nitrogens with zero attached hydrogens (tertiary/aromatic N) is 1.